The van der Waals surface area contributed by atoms with Crippen LogP contribution in [0.15, 0.2) is 140 Å². The fourth-order valence-electron chi connectivity index (χ4n) is 5.84. The van der Waals surface area contributed by atoms with Crippen molar-refractivity contribution in [2.75, 3.05) is 4.90 Å². The van der Waals surface area contributed by atoms with Crippen LogP contribution in [0.1, 0.15) is 6.85 Å². The fourth-order valence-corrected chi connectivity index (χ4v) is 5.84. The number of hydrogen-bond acceptors (Lipinski definition) is 4. The summed E-state index contributed by atoms with van der Waals surface area (Å²) in [6.07, 6.45) is 3.45. The van der Waals surface area contributed by atoms with Gasteiger partial charge >= 0.3 is 0 Å². The number of ether oxygens (including phenoxy) is 1. The van der Waals surface area contributed by atoms with E-state index in [-0.39, 0.29) is 44.4 Å². The molecule has 5 aromatic carbocycles. The first kappa shape index (κ1) is 22.9. The van der Waals surface area contributed by atoms with Gasteiger partial charge in [0.1, 0.15) is 5.82 Å². The number of benzene rings is 5. The topological polar surface area (TPSA) is 48.1 Å². The Morgan fingerprint density at radius 2 is 1.59 bits per heavy atom. The molecule has 3 aromatic heterocycles. The second-order valence-corrected chi connectivity index (χ2v) is 10.5. The Morgan fingerprint density at radius 1 is 0.761 bits per heavy atom. The molecule has 46 heavy (non-hydrogen) atoms. The summed E-state index contributed by atoms with van der Waals surface area (Å²) in [7, 11) is 0. The largest absolute Gasteiger partial charge is 0.509 e. The summed E-state index contributed by atoms with van der Waals surface area (Å²) in [5.41, 5.74) is 4.53. The van der Waals surface area contributed by atoms with Gasteiger partial charge in [0.25, 0.3) is 0 Å². The number of fused-ring (bicyclic) bond motifs is 6. The van der Waals surface area contributed by atoms with E-state index in [2.05, 4.69) is 33.8 Å². The van der Waals surface area contributed by atoms with Gasteiger partial charge in [-0.1, -0.05) is 90.1 Å². The molecule has 4 heterocycles. The first-order chi connectivity index (χ1) is 24.4. The minimum absolute atomic E-state index is 0. The maximum atomic E-state index is 8.48. The van der Waals surface area contributed by atoms with Gasteiger partial charge in [0.2, 0.25) is 0 Å². The van der Waals surface area contributed by atoms with Crippen LogP contribution in [0.4, 0.5) is 11.4 Å². The third-order valence-electron chi connectivity index (χ3n) is 7.80. The second-order valence-electron chi connectivity index (χ2n) is 10.5. The van der Waals surface area contributed by atoms with Crippen LogP contribution in [0.2, 0.25) is 0 Å². The summed E-state index contributed by atoms with van der Waals surface area (Å²) in [6, 6.07) is 36.4. The van der Waals surface area contributed by atoms with E-state index in [4.69, 9.17) is 16.6 Å². The van der Waals surface area contributed by atoms with Gasteiger partial charge in [-0.05, 0) is 47.4 Å². The second kappa shape index (κ2) is 11.4. The Balaban J connectivity index is 0.00000374. The number of rotatable bonds is 5. The van der Waals surface area contributed by atoms with Crippen molar-refractivity contribution >= 4 is 33.2 Å². The molecule has 0 saturated carbocycles. The zero-order valence-electron chi connectivity index (χ0n) is 28.9. The number of para-hydroxylation sites is 2. The van der Waals surface area contributed by atoms with Gasteiger partial charge in [-0.3, -0.25) is 0 Å². The summed E-state index contributed by atoms with van der Waals surface area (Å²) >= 11 is 0. The van der Waals surface area contributed by atoms with Crippen molar-refractivity contribution in [2.24, 2.45) is 0 Å². The molecule has 224 valence electrons. The standard InChI is InChI=1S/C39H24N5O.Pt/c1-2-11-27(12-3-1)34-25-42-26-43(35-17-6-5-16-33(35)39(42)41-34)28-13-10-14-29(23-28)45-30-20-21-32-31-15-4-7-18-36(31)44(37(32)24-30)38-19-8-9-22-40-38;/h1-22,25-26H;/q-3;/i1D,2D,3D,11D,12D;. The Kier molecular flexibility index (Phi) is 5.67. The van der Waals surface area contributed by atoms with Crippen LogP contribution in [-0.2, 0) is 21.1 Å². The number of nitrogens with zero attached hydrogens (tertiary/aromatic N) is 5. The van der Waals surface area contributed by atoms with Gasteiger partial charge in [0, 0.05) is 61.5 Å². The number of aromatic nitrogens is 4. The van der Waals surface area contributed by atoms with E-state index >= 15 is 0 Å². The molecule has 0 atom stereocenters. The molecule has 0 N–H and O–H groups in total. The van der Waals surface area contributed by atoms with Gasteiger partial charge < -0.3 is 23.8 Å². The maximum Gasteiger partial charge on any atom is 0.135 e. The molecule has 0 fully saturated rings. The summed E-state index contributed by atoms with van der Waals surface area (Å²) in [5.74, 6) is 2.38. The molecule has 8 aromatic rings. The van der Waals surface area contributed by atoms with E-state index in [9.17, 15) is 0 Å². The Labute approximate surface area is 287 Å². The van der Waals surface area contributed by atoms with E-state index < -0.39 is 18.1 Å². The monoisotopic (exact) mass is 778 g/mol. The van der Waals surface area contributed by atoms with Crippen LogP contribution >= 0.6 is 0 Å². The van der Waals surface area contributed by atoms with Crippen LogP contribution in [0.25, 0.3) is 50.3 Å². The predicted molar refractivity (Wildman–Crippen MR) is 178 cm³/mol. The van der Waals surface area contributed by atoms with E-state index in [1.165, 1.54) is 0 Å². The number of imidazole rings is 1. The summed E-state index contributed by atoms with van der Waals surface area (Å²) in [5, 5.41) is 2.13. The Hall–Kier alpha value is -5.58. The van der Waals surface area contributed by atoms with Crippen molar-refractivity contribution in [3.05, 3.63) is 158 Å². The third-order valence-corrected chi connectivity index (χ3v) is 7.80. The van der Waals surface area contributed by atoms with Gasteiger partial charge in [0.15, 0.2) is 0 Å². The molecule has 1 aliphatic heterocycles. The van der Waals surface area contributed by atoms with Crippen LogP contribution in [0.5, 0.6) is 11.5 Å². The van der Waals surface area contributed by atoms with Crippen molar-refractivity contribution < 1.29 is 32.7 Å². The first-order valence-corrected chi connectivity index (χ1v) is 14.3. The van der Waals surface area contributed by atoms with Crippen molar-refractivity contribution in [3.63, 3.8) is 0 Å². The van der Waals surface area contributed by atoms with Gasteiger partial charge in [-0.2, -0.15) is 12.1 Å². The molecular weight excluding hydrogens is 750 g/mol. The maximum absolute atomic E-state index is 8.48. The predicted octanol–water partition coefficient (Wildman–Crippen LogP) is 9.22. The van der Waals surface area contributed by atoms with Crippen LogP contribution in [-0.4, -0.2) is 19.1 Å². The van der Waals surface area contributed by atoms with Crippen molar-refractivity contribution in [1.29, 1.82) is 0 Å². The molecule has 1 aliphatic rings. The van der Waals surface area contributed by atoms with Gasteiger partial charge in [-0.15, -0.1) is 35.7 Å². The fraction of sp³-hybridized carbons (Fsp3) is 0. The van der Waals surface area contributed by atoms with Crippen molar-refractivity contribution in [1.82, 2.24) is 19.1 Å². The molecule has 7 heteroatoms. The minimum Gasteiger partial charge on any atom is -0.509 e. The SMILES string of the molecule is [2H]c1c([2H])c([2H])c(-c2cn3c(n2)-c2ccccc2N(c2[c-]c(Oc4[c-]c5c(cc4)c4ccccc4n5-c4ccccn4)ccc2)[CH-]3)c([2H])c1[2H].[Pt]. The molecule has 0 unspecified atom stereocenters. The normalized spacial score (nSPS) is 13.4. The van der Waals surface area contributed by atoms with Crippen LogP contribution < -0.4 is 9.64 Å². The first-order valence-electron chi connectivity index (χ1n) is 16.8. The van der Waals surface area contributed by atoms with E-state index in [0.29, 0.717) is 23.0 Å². The van der Waals surface area contributed by atoms with Crippen LogP contribution in [0, 0.1) is 18.8 Å². The number of pyridine rings is 1. The molecule has 0 saturated heterocycles. The number of hydrogen-bond donors (Lipinski definition) is 0. The third kappa shape index (κ3) is 4.66. The smallest absolute Gasteiger partial charge is 0.135 e. The molecule has 6 nitrogen and oxygen atoms in total. The molecule has 0 radical (unpaired) electrons. The molecule has 0 aliphatic carbocycles. The molecule has 0 spiro atoms. The van der Waals surface area contributed by atoms with Crippen molar-refractivity contribution in [3.8, 4) is 40.0 Å². The zero-order chi connectivity index (χ0) is 34.1. The molecule has 0 bridgehead atoms. The molecule has 9 rings (SSSR count). The van der Waals surface area contributed by atoms with Gasteiger partial charge in [-0.25, -0.2) is 4.98 Å². The quantitative estimate of drug-likeness (QED) is 0.164. The number of anilines is 2. The minimum atomic E-state index is -0.443. The average Bonchev–Trinajstić information content (AvgIpc) is 3.72. The summed E-state index contributed by atoms with van der Waals surface area (Å²) < 4.78 is 51.5. The van der Waals surface area contributed by atoms with E-state index in [0.717, 1.165) is 38.9 Å². The molecule has 0 amide bonds. The average molecular weight is 779 g/mol. The summed E-state index contributed by atoms with van der Waals surface area (Å²) in [4.78, 5) is 11.3. The van der Waals surface area contributed by atoms with Crippen LogP contribution in [0.3, 0.4) is 0 Å². The van der Waals surface area contributed by atoms with Crippen molar-refractivity contribution in [2.45, 2.75) is 0 Å². The van der Waals surface area contributed by atoms with E-state index in [1.807, 2.05) is 96.5 Å². The van der Waals surface area contributed by atoms with E-state index in [1.54, 1.807) is 17.0 Å². The summed E-state index contributed by atoms with van der Waals surface area (Å²) in [6.45, 7) is 1.84. The Morgan fingerprint density at radius 3 is 2.48 bits per heavy atom. The Bertz CT molecular complexity index is 2610. The molecular formula is C39H24N5OPt-3. The van der Waals surface area contributed by atoms with Gasteiger partial charge in [0.05, 0.1) is 6.85 Å². The zero-order valence-corrected chi connectivity index (χ0v) is 26.2.